The molecule has 14 nitrogen and oxygen atoms in total. The van der Waals surface area contributed by atoms with Crippen molar-refractivity contribution in [2.45, 2.75) is 63.7 Å². The third-order valence-corrected chi connectivity index (χ3v) is 11.1. The van der Waals surface area contributed by atoms with Gasteiger partial charge in [0, 0.05) is 35.3 Å². The Morgan fingerprint density at radius 3 is 2.08 bits per heavy atom. The Kier molecular flexibility index (Phi) is 13.3. The number of methoxy groups -OCH3 is 2. The van der Waals surface area contributed by atoms with Gasteiger partial charge in [0.2, 0.25) is 5.91 Å². The fourth-order valence-electron chi connectivity index (χ4n) is 7.93. The summed E-state index contributed by atoms with van der Waals surface area (Å²) in [5.74, 6) is 12.0. The molecule has 0 aliphatic carbocycles. The number of benzene rings is 3. The third-order valence-electron chi connectivity index (χ3n) is 11.1. The van der Waals surface area contributed by atoms with Gasteiger partial charge in [0.15, 0.2) is 0 Å². The topological polar surface area (TPSA) is 175 Å². The molecule has 3 aromatic carbocycles. The molecule has 318 valence electrons. The molecule has 0 bridgehead atoms. The van der Waals surface area contributed by atoms with Crippen LogP contribution in [0.15, 0.2) is 85.2 Å². The summed E-state index contributed by atoms with van der Waals surface area (Å²) in [7, 11) is 2.51. The lowest BCUT2D eigenvalue weighted by Gasteiger charge is -2.30. The maximum Gasteiger partial charge on any atom is 0.407 e. The molecule has 4 atom stereocenters. The van der Waals surface area contributed by atoms with Crippen molar-refractivity contribution in [1.29, 1.82) is 0 Å². The van der Waals surface area contributed by atoms with Gasteiger partial charge in [-0.05, 0) is 73.1 Å². The summed E-state index contributed by atoms with van der Waals surface area (Å²) < 4.78 is 24.9. The molecular formula is C47H47FN8O6. The summed E-state index contributed by atoms with van der Waals surface area (Å²) in [6.07, 6.45) is 4.81. The van der Waals surface area contributed by atoms with Crippen molar-refractivity contribution < 1.29 is 33.0 Å². The molecule has 1 unspecified atom stereocenters. The minimum Gasteiger partial charge on any atom is -0.453 e. The number of H-pyrrole nitrogens is 2. The lowest BCUT2D eigenvalue weighted by Crippen LogP contribution is -2.51. The van der Waals surface area contributed by atoms with E-state index in [9.17, 15) is 19.2 Å². The van der Waals surface area contributed by atoms with Gasteiger partial charge in [0.05, 0.1) is 44.4 Å². The number of ether oxygens (including phenoxy) is 2. The molecule has 2 aromatic heterocycles. The van der Waals surface area contributed by atoms with Gasteiger partial charge in [-0.25, -0.2) is 23.9 Å². The molecule has 15 heteroatoms. The summed E-state index contributed by atoms with van der Waals surface area (Å²) in [5.41, 5.74) is 4.03. The van der Waals surface area contributed by atoms with E-state index in [2.05, 4.69) is 54.3 Å². The van der Waals surface area contributed by atoms with Crippen molar-refractivity contribution in [2.75, 3.05) is 27.3 Å². The highest BCUT2D eigenvalue weighted by Gasteiger charge is 2.38. The van der Waals surface area contributed by atoms with Crippen molar-refractivity contribution in [1.82, 2.24) is 40.4 Å². The van der Waals surface area contributed by atoms with E-state index in [1.807, 2.05) is 32.0 Å². The van der Waals surface area contributed by atoms with Crippen LogP contribution in [-0.4, -0.2) is 87.1 Å². The predicted molar refractivity (Wildman–Crippen MR) is 228 cm³/mol. The zero-order valence-electron chi connectivity index (χ0n) is 34.8. The first-order valence-electron chi connectivity index (χ1n) is 20.4. The van der Waals surface area contributed by atoms with Crippen molar-refractivity contribution in [3.8, 4) is 46.1 Å². The number of hydrogen-bond acceptors (Lipinski definition) is 8. The van der Waals surface area contributed by atoms with Crippen LogP contribution in [0.1, 0.15) is 86.1 Å². The Morgan fingerprint density at radius 1 is 0.758 bits per heavy atom. The van der Waals surface area contributed by atoms with Gasteiger partial charge >= 0.3 is 12.2 Å². The summed E-state index contributed by atoms with van der Waals surface area (Å²) in [4.78, 5) is 71.0. The van der Waals surface area contributed by atoms with Crippen molar-refractivity contribution in [3.05, 3.63) is 119 Å². The number of nitrogens with zero attached hydrogens (tertiary/aromatic N) is 4. The third kappa shape index (κ3) is 9.48. The highest BCUT2D eigenvalue weighted by Crippen LogP contribution is 2.36. The molecule has 2 aliphatic heterocycles. The van der Waals surface area contributed by atoms with E-state index in [-0.39, 0.29) is 29.8 Å². The number of carbonyl (C=O) groups is 4. The molecule has 2 aliphatic rings. The van der Waals surface area contributed by atoms with Crippen LogP contribution in [0.5, 0.6) is 0 Å². The molecule has 2 saturated heterocycles. The number of alkyl carbamates (subject to hydrolysis) is 2. The van der Waals surface area contributed by atoms with Crippen molar-refractivity contribution in [3.63, 3.8) is 0 Å². The lowest BCUT2D eigenvalue weighted by molar-refractivity contribution is -0.135. The number of aromatic nitrogens is 4. The van der Waals surface area contributed by atoms with Gasteiger partial charge in [-0.2, -0.15) is 0 Å². The summed E-state index contributed by atoms with van der Waals surface area (Å²) in [5, 5.41) is 5.34. The highest BCUT2D eigenvalue weighted by atomic mass is 19.1. The average Bonchev–Trinajstić information content (AvgIpc) is 4.14. The van der Waals surface area contributed by atoms with Crippen LogP contribution in [0.25, 0.3) is 22.4 Å². The monoisotopic (exact) mass is 838 g/mol. The van der Waals surface area contributed by atoms with Gasteiger partial charge in [-0.3, -0.25) is 9.59 Å². The molecule has 2 fully saturated rings. The zero-order chi connectivity index (χ0) is 43.8. The smallest absolute Gasteiger partial charge is 0.407 e. The number of amides is 4. The zero-order valence-corrected chi connectivity index (χ0v) is 34.8. The van der Waals surface area contributed by atoms with E-state index in [1.165, 1.54) is 20.3 Å². The van der Waals surface area contributed by atoms with Crippen LogP contribution in [0.4, 0.5) is 14.0 Å². The molecule has 0 radical (unpaired) electrons. The second-order valence-electron chi connectivity index (χ2n) is 15.3. The second kappa shape index (κ2) is 19.3. The maximum atomic E-state index is 15.3. The van der Waals surface area contributed by atoms with E-state index in [0.717, 1.165) is 18.4 Å². The van der Waals surface area contributed by atoms with Crippen LogP contribution in [0.3, 0.4) is 0 Å². The van der Waals surface area contributed by atoms with Gasteiger partial charge in [0.1, 0.15) is 35.2 Å². The van der Waals surface area contributed by atoms with Gasteiger partial charge < -0.3 is 39.9 Å². The fourth-order valence-corrected chi connectivity index (χ4v) is 7.93. The normalized spacial score (nSPS) is 16.7. The molecule has 4 N–H and O–H groups in total. The van der Waals surface area contributed by atoms with Crippen LogP contribution in [0.2, 0.25) is 0 Å². The Morgan fingerprint density at radius 2 is 1.39 bits per heavy atom. The van der Waals surface area contributed by atoms with Crippen LogP contribution in [0, 0.1) is 35.4 Å². The molecule has 7 rings (SSSR count). The van der Waals surface area contributed by atoms with E-state index in [1.54, 1.807) is 70.7 Å². The highest BCUT2D eigenvalue weighted by molar-refractivity contribution is 5.88. The Bertz CT molecular complexity index is 2570. The number of likely N-dealkylation sites (tertiary alicyclic amines) is 2. The van der Waals surface area contributed by atoms with Crippen LogP contribution < -0.4 is 10.6 Å². The molecule has 4 heterocycles. The average molecular weight is 839 g/mol. The Hall–Kier alpha value is -7.39. The summed E-state index contributed by atoms with van der Waals surface area (Å²) >= 11 is 0. The first-order valence-corrected chi connectivity index (χ1v) is 20.4. The lowest BCUT2D eigenvalue weighted by atomic mass is 9.96. The number of imidazole rings is 2. The van der Waals surface area contributed by atoms with Crippen molar-refractivity contribution >= 4 is 24.0 Å². The van der Waals surface area contributed by atoms with Gasteiger partial charge in [-0.1, -0.05) is 74.4 Å². The molecule has 0 saturated carbocycles. The fraction of sp³-hybridized carbons (Fsp3) is 0.319. The van der Waals surface area contributed by atoms with E-state index < -0.39 is 30.1 Å². The first-order chi connectivity index (χ1) is 30.1. The van der Waals surface area contributed by atoms with Gasteiger partial charge in [0.25, 0.3) is 5.91 Å². The molecule has 0 spiro atoms. The van der Waals surface area contributed by atoms with E-state index >= 15 is 4.39 Å². The number of carbonyl (C=O) groups excluding carboxylic acids is 4. The number of aromatic amines is 2. The largest absolute Gasteiger partial charge is 0.453 e. The number of nitrogens with one attached hydrogen (secondary N) is 4. The van der Waals surface area contributed by atoms with Crippen LogP contribution in [-0.2, 0) is 19.1 Å². The summed E-state index contributed by atoms with van der Waals surface area (Å²) in [6, 6.07) is 18.6. The molecular weight excluding hydrogens is 792 g/mol. The standard InChI is InChI=1S/C47H47FN8O6/c1-29(2)40(53-46(59)61-3)44(57)55-24-13-21-39(55)43-50-28-37(52-43)32-23-22-30(35(26-32)34-18-10-11-19-36(34)48)14-8-9-17-33-27-49-42(51-33)38-20-12-25-56(38)45(58)41(54-47(60)62-4)31-15-6-5-7-16-31/h5-7,10-11,15-16,18-19,22-23,26-29,38-41H,12-13,20-21,24-25H2,1-4H3,(H,49,51)(H,50,52)(H,53,59)(H,54,60)/t38?,39-,40-,41+/m0/s1. The Labute approximate surface area is 359 Å². The molecule has 4 amide bonds. The summed E-state index contributed by atoms with van der Waals surface area (Å²) in [6.45, 7) is 4.75. The predicted octanol–water partition coefficient (Wildman–Crippen LogP) is 6.81. The number of hydrogen-bond donors (Lipinski definition) is 4. The van der Waals surface area contributed by atoms with E-state index in [0.29, 0.717) is 71.2 Å². The van der Waals surface area contributed by atoms with Gasteiger partial charge in [-0.15, -0.1) is 0 Å². The van der Waals surface area contributed by atoms with Crippen molar-refractivity contribution in [2.24, 2.45) is 5.92 Å². The first kappa shape index (κ1) is 42.7. The minimum absolute atomic E-state index is 0.163. The van der Waals surface area contributed by atoms with E-state index in [4.69, 9.17) is 9.47 Å². The quantitative estimate of drug-likeness (QED) is 0.111. The molecule has 62 heavy (non-hydrogen) atoms. The number of rotatable bonds is 10. The second-order valence-corrected chi connectivity index (χ2v) is 15.3. The Balaban J connectivity index is 1.10. The SMILES string of the molecule is COC(=O)N[C@H](C(=O)N1CCC[C@H]1c1ncc(-c2ccc(C#CC#Cc3cnc(C4CCCN4C(=O)[C@H](NC(=O)OC)c4ccccc4)[nH]3)c(-c3ccccc3F)c2)[nH]1)C(C)C. The molecule has 5 aromatic rings. The van der Waals surface area contributed by atoms with Crippen LogP contribution >= 0.6 is 0 Å². The number of halogens is 1. The maximum absolute atomic E-state index is 15.3. The minimum atomic E-state index is -0.934.